The van der Waals surface area contributed by atoms with Crippen LogP contribution >= 0.6 is 0 Å². The number of fused-ring (bicyclic) bond motifs is 1. The van der Waals surface area contributed by atoms with Gasteiger partial charge in [-0.15, -0.1) is 0 Å². The molecule has 1 atom stereocenters. The number of ether oxygens (including phenoxy) is 1. The van der Waals surface area contributed by atoms with Gasteiger partial charge < -0.3 is 10.1 Å². The Hall–Kier alpha value is -3.67. The molecule has 6 heteroatoms. The van der Waals surface area contributed by atoms with Crippen molar-refractivity contribution in [3.8, 4) is 17.0 Å². The molecule has 2 aliphatic carbocycles. The van der Waals surface area contributed by atoms with Crippen LogP contribution in [0.25, 0.3) is 22.0 Å². The summed E-state index contributed by atoms with van der Waals surface area (Å²) in [5, 5.41) is 8.97. The number of para-hydroxylation sites is 1. The van der Waals surface area contributed by atoms with Crippen molar-refractivity contribution in [1.29, 1.82) is 0 Å². The molecule has 2 saturated carbocycles. The second-order valence-corrected chi connectivity index (χ2v) is 10.4. The zero-order chi connectivity index (χ0) is 24.7. The van der Waals surface area contributed by atoms with Crippen molar-refractivity contribution >= 4 is 16.8 Å². The number of amides is 1. The first kappa shape index (κ1) is 22.8. The lowest BCUT2D eigenvalue weighted by molar-refractivity contribution is -0.000604. The molecule has 0 aliphatic heterocycles. The van der Waals surface area contributed by atoms with Gasteiger partial charge in [0.05, 0.1) is 29.9 Å². The number of hydrogen-bond donors (Lipinski definition) is 1. The molecule has 6 nitrogen and oxygen atoms in total. The first-order valence-corrected chi connectivity index (χ1v) is 13.0. The minimum Gasteiger partial charge on any atom is -0.478 e. The second kappa shape index (κ2) is 9.08. The summed E-state index contributed by atoms with van der Waals surface area (Å²) >= 11 is 0. The van der Waals surface area contributed by atoms with Crippen LogP contribution in [0.2, 0.25) is 0 Å². The topological polar surface area (TPSA) is 69.0 Å². The summed E-state index contributed by atoms with van der Waals surface area (Å²) in [6.07, 6.45) is 9.88. The Balaban J connectivity index is 1.24. The number of carbonyl (C=O) groups excluding carboxylic acids is 1. The zero-order valence-electron chi connectivity index (χ0n) is 20.9. The van der Waals surface area contributed by atoms with Crippen LogP contribution in [-0.2, 0) is 0 Å². The van der Waals surface area contributed by atoms with Crippen LogP contribution in [-0.4, -0.2) is 33.3 Å². The van der Waals surface area contributed by atoms with E-state index in [4.69, 9.17) is 9.84 Å². The molecule has 2 heterocycles. The van der Waals surface area contributed by atoms with E-state index in [0.717, 1.165) is 40.4 Å². The van der Waals surface area contributed by atoms with E-state index in [-0.39, 0.29) is 11.9 Å². The molecule has 2 aliphatic rings. The smallest absolute Gasteiger partial charge is 0.253 e. The number of aromatic nitrogens is 3. The van der Waals surface area contributed by atoms with Crippen LogP contribution in [0, 0.1) is 5.41 Å². The van der Waals surface area contributed by atoms with Gasteiger partial charge in [-0.2, -0.15) is 5.10 Å². The molecule has 0 bridgehead atoms. The number of nitrogens with zero attached hydrogens (tertiary/aromatic N) is 3. The van der Waals surface area contributed by atoms with Gasteiger partial charge in [-0.25, -0.2) is 4.98 Å². The van der Waals surface area contributed by atoms with Crippen molar-refractivity contribution in [2.75, 3.05) is 6.61 Å². The maximum absolute atomic E-state index is 13.3. The highest BCUT2D eigenvalue weighted by Gasteiger charge is 2.48. The Morgan fingerprint density at radius 1 is 1.14 bits per heavy atom. The Morgan fingerprint density at radius 3 is 2.67 bits per heavy atom. The maximum Gasteiger partial charge on any atom is 0.253 e. The van der Waals surface area contributed by atoms with Gasteiger partial charge >= 0.3 is 0 Å². The van der Waals surface area contributed by atoms with E-state index in [1.54, 1.807) is 6.20 Å². The van der Waals surface area contributed by atoms with E-state index in [1.165, 1.54) is 19.3 Å². The molecule has 36 heavy (non-hydrogen) atoms. The number of pyridine rings is 1. The SMILES string of the molecule is CCOc1cc(-c2ccc([C@@H](C)n3ncc4cccc(C(=O)NC5CC6(CCC6)C5)c43)cc2)ccn1. The fourth-order valence-electron chi connectivity index (χ4n) is 5.93. The van der Waals surface area contributed by atoms with Gasteiger partial charge in [0.2, 0.25) is 5.88 Å². The molecule has 2 aromatic heterocycles. The fourth-order valence-corrected chi connectivity index (χ4v) is 5.93. The van der Waals surface area contributed by atoms with Crippen molar-refractivity contribution in [2.45, 2.75) is 58.0 Å². The van der Waals surface area contributed by atoms with Gasteiger partial charge in [-0.1, -0.05) is 42.8 Å². The third kappa shape index (κ3) is 4.04. The minimum atomic E-state index is -0.0242. The third-order valence-corrected chi connectivity index (χ3v) is 8.09. The molecule has 6 rings (SSSR count). The average molecular weight is 481 g/mol. The lowest BCUT2D eigenvalue weighted by Gasteiger charge is -2.54. The van der Waals surface area contributed by atoms with Crippen molar-refractivity contribution in [3.63, 3.8) is 0 Å². The molecule has 2 fully saturated rings. The maximum atomic E-state index is 13.3. The summed E-state index contributed by atoms with van der Waals surface area (Å²) in [5.41, 5.74) is 5.42. The monoisotopic (exact) mass is 480 g/mol. The molecule has 1 amide bonds. The lowest BCUT2D eigenvalue weighted by Crippen LogP contribution is -2.53. The molecule has 1 spiro atoms. The van der Waals surface area contributed by atoms with Gasteiger partial charge in [0, 0.05) is 23.7 Å². The molecular weight excluding hydrogens is 448 g/mol. The molecule has 1 N–H and O–H groups in total. The van der Waals surface area contributed by atoms with E-state index in [2.05, 4.69) is 41.5 Å². The van der Waals surface area contributed by atoms with Gasteiger partial charge in [-0.3, -0.25) is 9.48 Å². The predicted molar refractivity (Wildman–Crippen MR) is 141 cm³/mol. The van der Waals surface area contributed by atoms with Crippen LogP contribution in [0.15, 0.2) is 67.0 Å². The number of hydrogen-bond acceptors (Lipinski definition) is 4. The summed E-state index contributed by atoms with van der Waals surface area (Å²) < 4.78 is 7.53. The average Bonchev–Trinajstić information content (AvgIpc) is 3.29. The number of rotatable bonds is 7. The second-order valence-electron chi connectivity index (χ2n) is 10.4. The first-order valence-electron chi connectivity index (χ1n) is 13.0. The highest BCUT2D eigenvalue weighted by molar-refractivity contribution is 6.05. The third-order valence-electron chi connectivity index (χ3n) is 8.09. The van der Waals surface area contributed by atoms with Crippen molar-refractivity contribution in [3.05, 3.63) is 78.1 Å². The van der Waals surface area contributed by atoms with Crippen LogP contribution in [0.5, 0.6) is 5.88 Å². The molecular formula is C30H32N4O2. The summed E-state index contributed by atoms with van der Waals surface area (Å²) in [4.78, 5) is 17.6. The van der Waals surface area contributed by atoms with Gasteiger partial charge in [-0.05, 0) is 73.8 Å². The van der Waals surface area contributed by atoms with Crippen LogP contribution in [0.4, 0.5) is 0 Å². The quantitative estimate of drug-likeness (QED) is 0.343. The number of nitrogens with one attached hydrogen (secondary N) is 1. The van der Waals surface area contributed by atoms with E-state index < -0.39 is 0 Å². The van der Waals surface area contributed by atoms with E-state index >= 15 is 0 Å². The zero-order valence-corrected chi connectivity index (χ0v) is 20.9. The van der Waals surface area contributed by atoms with E-state index in [0.29, 0.717) is 29.5 Å². The van der Waals surface area contributed by atoms with Gasteiger partial charge in [0.1, 0.15) is 0 Å². The first-order chi connectivity index (χ1) is 17.5. The van der Waals surface area contributed by atoms with Crippen LogP contribution in [0.1, 0.15) is 67.9 Å². The summed E-state index contributed by atoms with van der Waals surface area (Å²) in [6.45, 7) is 4.67. The largest absolute Gasteiger partial charge is 0.478 e. The van der Waals surface area contributed by atoms with Crippen LogP contribution < -0.4 is 10.1 Å². The Labute approximate surface area is 211 Å². The highest BCUT2D eigenvalue weighted by Crippen LogP contribution is 2.55. The van der Waals surface area contributed by atoms with Crippen molar-refractivity contribution in [1.82, 2.24) is 20.1 Å². The highest BCUT2D eigenvalue weighted by atomic mass is 16.5. The summed E-state index contributed by atoms with van der Waals surface area (Å²) in [6, 6.07) is 18.6. The summed E-state index contributed by atoms with van der Waals surface area (Å²) in [7, 11) is 0. The molecule has 0 radical (unpaired) electrons. The Kier molecular flexibility index (Phi) is 5.75. The molecule has 2 aromatic carbocycles. The summed E-state index contributed by atoms with van der Waals surface area (Å²) in [5.74, 6) is 0.637. The van der Waals surface area contributed by atoms with Gasteiger partial charge in [0.25, 0.3) is 5.91 Å². The molecule has 0 saturated heterocycles. The van der Waals surface area contributed by atoms with Crippen molar-refractivity contribution in [2.24, 2.45) is 5.41 Å². The standard InChI is InChI=1S/C30H32N4O2/c1-3-36-27-16-23(12-15-31-27)22-10-8-21(9-11-22)20(2)34-28-24(19-32-34)6-4-7-26(28)29(35)33-25-17-30(18-25)13-5-14-30/h4,6-12,15-16,19-20,25H,3,5,13-14,17-18H2,1-2H3,(H,33,35)/t20-/m1/s1. The predicted octanol–water partition coefficient (Wildman–Crippen LogP) is 6.17. The van der Waals surface area contributed by atoms with E-state index in [9.17, 15) is 4.79 Å². The normalized spacial score (nSPS) is 17.4. The van der Waals surface area contributed by atoms with Crippen LogP contribution in [0.3, 0.4) is 0 Å². The Morgan fingerprint density at radius 2 is 1.94 bits per heavy atom. The lowest BCUT2D eigenvalue weighted by atomic mass is 9.54. The van der Waals surface area contributed by atoms with E-state index in [1.807, 2.05) is 48.1 Å². The number of carbonyl (C=O) groups is 1. The number of benzene rings is 2. The Bertz CT molecular complexity index is 1400. The fraction of sp³-hybridized carbons (Fsp3) is 0.367. The molecule has 184 valence electrons. The molecule has 4 aromatic rings. The molecule has 0 unspecified atom stereocenters. The van der Waals surface area contributed by atoms with Crippen molar-refractivity contribution < 1.29 is 9.53 Å². The minimum absolute atomic E-state index is 0.00635. The van der Waals surface area contributed by atoms with Gasteiger partial charge in [0.15, 0.2) is 0 Å².